The van der Waals surface area contributed by atoms with Crippen molar-refractivity contribution in [1.82, 2.24) is 0 Å². The maximum Gasteiger partial charge on any atom is 0.224 e. The summed E-state index contributed by atoms with van der Waals surface area (Å²) in [6.45, 7) is 8.88. The Balaban J connectivity index is 1.16. The van der Waals surface area contributed by atoms with Gasteiger partial charge in [0.25, 0.3) is 0 Å². The van der Waals surface area contributed by atoms with Crippen molar-refractivity contribution < 1.29 is 51.8 Å². The standard InChI is InChI=1S/C67H78O11Si/c1-4-79(5-2,6-3)75-50-60-62(71-45-55-34-20-10-21-35-55)65(74-48-58-40-26-13-27-41-58)67(77-60,51-69-43-53-30-16-8-17-31-53)78-66-64(73-47-57-38-24-12-25-39-57)63(72-46-56-36-22-11-23-37-56)61(70-44-54-32-18-9-19-33-54)59(76-66)49-68-42-52-28-14-7-15-29-52/h7-41,59-66H,4-6,42-51H2,1-3H3/t59-,60-,61-,62-,63+,64-,65+,66-,67+/m1/s1. The van der Waals surface area contributed by atoms with Crippen LogP contribution in [-0.4, -0.2) is 82.9 Å². The van der Waals surface area contributed by atoms with Crippen LogP contribution in [0.1, 0.15) is 59.7 Å². The minimum Gasteiger partial charge on any atom is -0.414 e. The van der Waals surface area contributed by atoms with Gasteiger partial charge in [0, 0.05) is 0 Å². The average Bonchev–Trinajstić information content (AvgIpc) is 4.09. The normalized spacial score (nSPS) is 23.2. The SMILES string of the molecule is CC[Si](CC)(CC)OC[C@H]1O[C@@](COCc2ccccc2)(O[C@H]2O[C@H](COCc3ccccc3)[C@@H](OCc3ccccc3)[C@H](OCc3ccccc3)[C@H]2OCc2ccccc2)[C@@H](OCc2ccccc2)[C@@H]1OCc1ccccc1. The van der Waals surface area contributed by atoms with E-state index in [0.717, 1.165) is 57.1 Å². The van der Waals surface area contributed by atoms with Gasteiger partial charge in [-0.25, -0.2) is 0 Å². The van der Waals surface area contributed by atoms with Crippen molar-refractivity contribution in [2.75, 3.05) is 19.8 Å². The Bertz CT molecular complexity index is 2740. The van der Waals surface area contributed by atoms with E-state index in [4.69, 9.17) is 51.8 Å². The molecule has 79 heavy (non-hydrogen) atoms. The van der Waals surface area contributed by atoms with Crippen molar-refractivity contribution in [3.8, 4) is 0 Å². The Morgan fingerprint density at radius 3 is 1.14 bits per heavy atom. The third-order valence-corrected chi connectivity index (χ3v) is 19.7. The average molecular weight is 1090 g/mol. The fourth-order valence-electron chi connectivity index (χ4n) is 10.4. The molecule has 0 amide bonds. The van der Waals surface area contributed by atoms with E-state index in [1.165, 1.54) is 0 Å². The molecule has 0 N–H and O–H groups in total. The molecule has 9 rings (SSSR count). The molecule has 11 nitrogen and oxygen atoms in total. The summed E-state index contributed by atoms with van der Waals surface area (Å²) in [4.78, 5) is 0. The zero-order valence-corrected chi connectivity index (χ0v) is 47.0. The van der Waals surface area contributed by atoms with Gasteiger partial charge >= 0.3 is 0 Å². The molecule has 0 aliphatic carbocycles. The number of benzene rings is 7. The fraction of sp³-hybridized carbons (Fsp3) is 0.373. The fourth-order valence-corrected chi connectivity index (χ4v) is 13.0. The lowest BCUT2D eigenvalue weighted by molar-refractivity contribution is -0.398. The quantitative estimate of drug-likeness (QED) is 0.0388. The smallest absolute Gasteiger partial charge is 0.224 e. The van der Waals surface area contributed by atoms with Crippen LogP contribution < -0.4 is 0 Å². The van der Waals surface area contributed by atoms with Gasteiger partial charge < -0.3 is 51.8 Å². The van der Waals surface area contributed by atoms with E-state index < -0.39 is 63.1 Å². The lowest BCUT2D eigenvalue weighted by Crippen LogP contribution is -2.64. The zero-order chi connectivity index (χ0) is 54.4. The molecule has 9 atom stereocenters. The van der Waals surface area contributed by atoms with Crippen molar-refractivity contribution in [2.24, 2.45) is 0 Å². The molecule has 2 fully saturated rings. The van der Waals surface area contributed by atoms with Crippen molar-refractivity contribution in [3.63, 3.8) is 0 Å². The van der Waals surface area contributed by atoms with E-state index in [0.29, 0.717) is 6.61 Å². The zero-order valence-electron chi connectivity index (χ0n) is 46.0. The predicted molar refractivity (Wildman–Crippen MR) is 308 cm³/mol. The van der Waals surface area contributed by atoms with Crippen LogP contribution in [0.4, 0.5) is 0 Å². The molecule has 2 heterocycles. The Labute approximate surface area is 469 Å². The van der Waals surface area contributed by atoms with Gasteiger partial charge in [-0.3, -0.25) is 0 Å². The van der Waals surface area contributed by atoms with Crippen LogP contribution in [0.25, 0.3) is 0 Å². The van der Waals surface area contributed by atoms with Crippen LogP contribution in [-0.2, 0) is 98.0 Å². The van der Waals surface area contributed by atoms with E-state index in [-0.39, 0.29) is 59.5 Å². The molecular formula is C67H78O11Si. The molecular weight excluding hydrogens is 1010 g/mol. The van der Waals surface area contributed by atoms with E-state index in [1.54, 1.807) is 0 Å². The molecule has 0 unspecified atom stereocenters. The second kappa shape index (κ2) is 30.2. The maximum atomic E-state index is 7.76. The largest absolute Gasteiger partial charge is 0.414 e. The second-order valence-electron chi connectivity index (χ2n) is 20.4. The van der Waals surface area contributed by atoms with Crippen molar-refractivity contribution >= 4 is 8.32 Å². The maximum absolute atomic E-state index is 7.76. The Hall–Kier alpha value is -5.68. The molecule has 12 heteroatoms. The van der Waals surface area contributed by atoms with Crippen molar-refractivity contribution in [2.45, 2.75) is 140 Å². The minimum absolute atomic E-state index is 0.0785. The highest BCUT2D eigenvalue weighted by Gasteiger charge is 2.62. The topological polar surface area (TPSA) is 102 Å². The van der Waals surface area contributed by atoms with Crippen molar-refractivity contribution in [1.29, 1.82) is 0 Å². The molecule has 416 valence electrons. The van der Waals surface area contributed by atoms with Crippen LogP contribution in [0.3, 0.4) is 0 Å². The molecule has 0 aromatic heterocycles. The first-order valence-corrected chi connectivity index (χ1v) is 30.6. The molecule has 2 aliphatic heterocycles. The van der Waals surface area contributed by atoms with Crippen molar-refractivity contribution in [3.05, 3.63) is 251 Å². The minimum atomic E-state index is -2.18. The summed E-state index contributed by atoms with van der Waals surface area (Å²) >= 11 is 0. The van der Waals surface area contributed by atoms with Gasteiger partial charge in [0.1, 0.15) is 49.3 Å². The molecule has 0 spiro atoms. The predicted octanol–water partition coefficient (Wildman–Crippen LogP) is 13.2. The van der Waals surface area contributed by atoms with Gasteiger partial charge in [0.05, 0.1) is 59.5 Å². The molecule has 2 saturated heterocycles. The van der Waals surface area contributed by atoms with Crippen LogP contribution in [0.15, 0.2) is 212 Å². The second-order valence-corrected chi connectivity index (χ2v) is 25.2. The summed E-state index contributed by atoms with van der Waals surface area (Å²) in [5.41, 5.74) is 6.93. The van der Waals surface area contributed by atoms with E-state index in [2.05, 4.69) is 69.3 Å². The summed E-state index contributed by atoms with van der Waals surface area (Å²) < 4.78 is 79.2. The number of ether oxygens (including phenoxy) is 10. The molecule has 0 saturated carbocycles. The third-order valence-electron chi connectivity index (χ3n) is 15.1. The van der Waals surface area contributed by atoms with Gasteiger partial charge in [-0.1, -0.05) is 233 Å². The Kier molecular flexibility index (Phi) is 22.2. The number of hydrogen-bond acceptors (Lipinski definition) is 11. The van der Waals surface area contributed by atoms with Crippen LogP contribution in [0.2, 0.25) is 18.1 Å². The van der Waals surface area contributed by atoms with Crippen LogP contribution >= 0.6 is 0 Å². The lowest BCUT2D eigenvalue weighted by atomic mass is 9.97. The Morgan fingerprint density at radius 1 is 0.367 bits per heavy atom. The summed E-state index contributed by atoms with van der Waals surface area (Å²) in [6.07, 6.45) is -6.59. The van der Waals surface area contributed by atoms with Gasteiger partial charge in [0.2, 0.25) is 5.79 Å². The molecule has 0 radical (unpaired) electrons. The number of hydrogen-bond donors (Lipinski definition) is 0. The third kappa shape index (κ3) is 16.5. The van der Waals surface area contributed by atoms with E-state index >= 15 is 0 Å². The summed E-state index contributed by atoms with van der Waals surface area (Å²) in [6, 6.07) is 73.7. The van der Waals surface area contributed by atoms with E-state index in [1.807, 2.05) is 164 Å². The Morgan fingerprint density at radius 2 is 0.722 bits per heavy atom. The highest BCUT2D eigenvalue weighted by molar-refractivity contribution is 6.73. The first kappa shape index (κ1) is 58.0. The highest BCUT2D eigenvalue weighted by Crippen LogP contribution is 2.43. The summed E-state index contributed by atoms with van der Waals surface area (Å²) in [5, 5.41) is 0. The van der Waals surface area contributed by atoms with Gasteiger partial charge in [-0.2, -0.15) is 0 Å². The first-order chi connectivity index (χ1) is 38.9. The van der Waals surface area contributed by atoms with Gasteiger partial charge in [0.15, 0.2) is 14.6 Å². The molecule has 2 aliphatic rings. The summed E-state index contributed by atoms with van der Waals surface area (Å²) in [5.74, 6) is -1.69. The molecule has 7 aromatic carbocycles. The van der Waals surface area contributed by atoms with Gasteiger partial charge in [-0.05, 0) is 57.1 Å². The monoisotopic (exact) mass is 1090 g/mol. The van der Waals surface area contributed by atoms with E-state index in [9.17, 15) is 0 Å². The molecule has 7 aromatic rings. The highest BCUT2D eigenvalue weighted by atomic mass is 28.4. The van der Waals surface area contributed by atoms with Gasteiger partial charge in [-0.15, -0.1) is 0 Å². The number of rotatable bonds is 31. The van der Waals surface area contributed by atoms with Crippen LogP contribution in [0.5, 0.6) is 0 Å². The first-order valence-electron chi connectivity index (χ1n) is 28.1. The lowest BCUT2D eigenvalue weighted by Gasteiger charge is -2.48. The van der Waals surface area contributed by atoms with Crippen LogP contribution in [0, 0.1) is 0 Å². The summed E-state index contributed by atoms with van der Waals surface area (Å²) in [7, 11) is -2.18. The molecule has 0 bridgehead atoms.